The molecule has 0 spiro atoms. The van der Waals surface area contributed by atoms with Crippen molar-refractivity contribution in [1.82, 2.24) is 0 Å². The molecule has 0 aliphatic carbocycles. The van der Waals surface area contributed by atoms with E-state index < -0.39 is 23.5 Å². The molecule has 156 valence electrons. The molecule has 0 aliphatic heterocycles. The van der Waals surface area contributed by atoms with Gasteiger partial charge in [0.1, 0.15) is 0 Å². The van der Waals surface area contributed by atoms with Crippen LogP contribution in [0.25, 0.3) is 43.1 Å². The zero-order chi connectivity index (χ0) is 22.1. The Balaban J connectivity index is 1.83. The first-order valence-corrected chi connectivity index (χ1v) is 9.51. The number of halogens is 6. The molecule has 0 heterocycles. The monoisotopic (exact) mass is 428 g/mol. The van der Waals surface area contributed by atoms with E-state index in [0.29, 0.717) is 21.5 Å². The molecule has 0 saturated carbocycles. The summed E-state index contributed by atoms with van der Waals surface area (Å²) in [5.41, 5.74) is -0.604. The number of aryl methyl sites for hydroxylation is 1. The normalized spacial score (nSPS) is 13.0. The summed E-state index contributed by atoms with van der Waals surface area (Å²) in [6.45, 7) is 1.83. The van der Waals surface area contributed by atoms with Gasteiger partial charge < -0.3 is 0 Å². The van der Waals surface area contributed by atoms with E-state index in [4.69, 9.17) is 0 Å². The molecule has 0 unspecified atom stereocenters. The fourth-order valence-electron chi connectivity index (χ4n) is 4.38. The molecule has 31 heavy (non-hydrogen) atoms. The maximum Gasteiger partial charge on any atom is 0.416 e. The van der Waals surface area contributed by atoms with Crippen molar-refractivity contribution < 1.29 is 26.3 Å². The van der Waals surface area contributed by atoms with Crippen LogP contribution in [0, 0.1) is 6.92 Å². The summed E-state index contributed by atoms with van der Waals surface area (Å²) in [6.07, 6.45) is -8.84. The van der Waals surface area contributed by atoms with Gasteiger partial charge in [-0.25, -0.2) is 0 Å². The van der Waals surface area contributed by atoms with Crippen LogP contribution < -0.4 is 0 Å². The van der Waals surface area contributed by atoms with E-state index in [-0.39, 0.29) is 0 Å². The van der Waals surface area contributed by atoms with Crippen molar-refractivity contribution in [3.05, 3.63) is 83.4 Å². The van der Waals surface area contributed by atoms with Gasteiger partial charge in [0.05, 0.1) is 11.1 Å². The lowest BCUT2D eigenvalue weighted by atomic mass is 9.91. The van der Waals surface area contributed by atoms with Gasteiger partial charge in [0, 0.05) is 0 Å². The largest absolute Gasteiger partial charge is 0.416 e. The zero-order valence-corrected chi connectivity index (χ0v) is 16.1. The third kappa shape index (κ3) is 3.09. The van der Waals surface area contributed by atoms with E-state index in [1.54, 1.807) is 18.2 Å². The molecule has 0 fully saturated rings. The summed E-state index contributed by atoms with van der Waals surface area (Å²) in [5.74, 6) is 0. The number of benzene rings is 5. The molecule has 5 rings (SSSR count). The molecule has 0 atom stereocenters. The van der Waals surface area contributed by atoms with Crippen molar-refractivity contribution in [3.8, 4) is 0 Å². The van der Waals surface area contributed by atoms with Crippen molar-refractivity contribution in [3.63, 3.8) is 0 Å². The second-order valence-corrected chi connectivity index (χ2v) is 7.71. The minimum absolute atomic E-state index is 0.481. The lowest BCUT2D eigenvalue weighted by Crippen LogP contribution is -2.04. The van der Waals surface area contributed by atoms with Crippen molar-refractivity contribution in [2.75, 3.05) is 0 Å². The first-order chi connectivity index (χ1) is 14.5. The third-order valence-corrected chi connectivity index (χ3v) is 5.78. The van der Waals surface area contributed by atoms with Crippen LogP contribution in [0.4, 0.5) is 26.3 Å². The van der Waals surface area contributed by atoms with E-state index in [9.17, 15) is 26.3 Å². The van der Waals surface area contributed by atoms with Crippen LogP contribution in [0.2, 0.25) is 0 Å². The lowest BCUT2D eigenvalue weighted by molar-refractivity contribution is -0.138. The molecule has 0 nitrogen and oxygen atoms in total. The molecule has 0 N–H and O–H groups in total. The number of rotatable bonds is 0. The van der Waals surface area contributed by atoms with Crippen molar-refractivity contribution in [2.24, 2.45) is 0 Å². The van der Waals surface area contributed by atoms with Crippen LogP contribution in [0.1, 0.15) is 16.7 Å². The van der Waals surface area contributed by atoms with Crippen LogP contribution in [0.15, 0.2) is 66.7 Å². The first kappa shape index (κ1) is 19.7. The average Bonchev–Trinajstić information content (AvgIpc) is 2.70. The molecule has 5 aromatic carbocycles. The molecule has 0 saturated heterocycles. The second kappa shape index (κ2) is 6.36. The number of hydrogen-bond acceptors (Lipinski definition) is 0. The highest BCUT2D eigenvalue weighted by Gasteiger charge is 2.31. The van der Waals surface area contributed by atoms with Gasteiger partial charge in [-0.1, -0.05) is 42.5 Å². The van der Waals surface area contributed by atoms with Crippen LogP contribution in [-0.2, 0) is 12.4 Å². The Morgan fingerprint density at radius 2 is 0.935 bits per heavy atom. The van der Waals surface area contributed by atoms with E-state index in [0.717, 1.165) is 51.4 Å². The summed E-state index contributed by atoms with van der Waals surface area (Å²) in [6, 6.07) is 16.2. The third-order valence-electron chi connectivity index (χ3n) is 5.78. The smallest absolute Gasteiger partial charge is 0.166 e. The standard InChI is InChI=1S/C25H14F6/c1-13-10-15-12-17(25(29,30)31)4-7-19(15)21-9-8-20-18-6-3-16(24(26,27)28)11-14(18)2-5-22(20)23(13)21/h2-12H,1H3. The Labute approximate surface area is 172 Å². The Hall–Kier alpha value is -3.28. The highest BCUT2D eigenvalue weighted by atomic mass is 19.4. The van der Waals surface area contributed by atoms with Gasteiger partial charge in [-0.05, 0) is 79.8 Å². The van der Waals surface area contributed by atoms with E-state index in [2.05, 4.69) is 0 Å². The lowest BCUT2D eigenvalue weighted by Gasteiger charge is -2.15. The quantitative estimate of drug-likeness (QED) is 0.171. The van der Waals surface area contributed by atoms with Gasteiger partial charge >= 0.3 is 12.4 Å². The molecule has 0 aromatic heterocycles. The molecule has 0 radical (unpaired) electrons. The fourth-order valence-corrected chi connectivity index (χ4v) is 4.38. The van der Waals surface area contributed by atoms with Gasteiger partial charge in [-0.2, -0.15) is 26.3 Å². The van der Waals surface area contributed by atoms with Crippen LogP contribution in [0.5, 0.6) is 0 Å². The van der Waals surface area contributed by atoms with E-state index in [1.165, 1.54) is 12.1 Å². The summed E-state index contributed by atoms with van der Waals surface area (Å²) < 4.78 is 78.6. The van der Waals surface area contributed by atoms with Crippen molar-refractivity contribution >= 4 is 43.1 Å². The molecule has 5 aromatic rings. The Bertz CT molecular complexity index is 1510. The van der Waals surface area contributed by atoms with Gasteiger partial charge in [0.25, 0.3) is 0 Å². The van der Waals surface area contributed by atoms with Crippen LogP contribution in [-0.4, -0.2) is 0 Å². The molecular formula is C25H14F6. The predicted octanol–water partition coefficient (Wildman–Crippen LogP) is 8.65. The molecule has 0 aliphatic rings. The van der Waals surface area contributed by atoms with Crippen molar-refractivity contribution in [1.29, 1.82) is 0 Å². The number of fused-ring (bicyclic) bond motifs is 7. The molecule has 0 amide bonds. The van der Waals surface area contributed by atoms with Gasteiger partial charge in [0.2, 0.25) is 0 Å². The highest BCUT2D eigenvalue weighted by molar-refractivity contribution is 6.23. The van der Waals surface area contributed by atoms with Crippen molar-refractivity contribution in [2.45, 2.75) is 19.3 Å². The Morgan fingerprint density at radius 1 is 0.484 bits per heavy atom. The SMILES string of the molecule is Cc1cc2cc(C(F)(F)F)ccc2c2ccc3c4ccc(C(F)(F)F)cc4ccc3c12. The van der Waals surface area contributed by atoms with E-state index in [1.807, 2.05) is 19.1 Å². The molecule has 6 heteroatoms. The minimum atomic E-state index is -4.42. The predicted molar refractivity (Wildman–Crippen MR) is 111 cm³/mol. The minimum Gasteiger partial charge on any atom is -0.166 e. The Kier molecular flexibility index (Phi) is 4.04. The molecule has 0 bridgehead atoms. The van der Waals surface area contributed by atoms with Gasteiger partial charge in [-0.15, -0.1) is 0 Å². The van der Waals surface area contributed by atoms with E-state index >= 15 is 0 Å². The maximum absolute atomic E-state index is 13.1. The summed E-state index contributed by atoms with van der Waals surface area (Å²) >= 11 is 0. The number of hydrogen-bond donors (Lipinski definition) is 0. The topological polar surface area (TPSA) is 0 Å². The zero-order valence-electron chi connectivity index (χ0n) is 16.1. The Morgan fingerprint density at radius 3 is 1.55 bits per heavy atom. The summed E-state index contributed by atoms with van der Waals surface area (Å²) in [7, 11) is 0. The fraction of sp³-hybridized carbons (Fsp3) is 0.120. The second-order valence-electron chi connectivity index (χ2n) is 7.71. The average molecular weight is 428 g/mol. The van der Waals surface area contributed by atoms with Crippen LogP contribution >= 0.6 is 0 Å². The number of alkyl halides is 6. The summed E-state index contributed by atoms with van der Waals surface area (Å²) in [4.78, 5) is 0. The van der Waals surface area contributed by atoms with Gasteiger partial charge in [-0.3, -0.25) is 0 Å². The first-order valence-electron chi connectivity index (χ1n) is 9.51. The van der Waals surface area contributed by atoms with Gasteiger partial charge in [0.15, 0.2) is 0 Å². The highest BCUT2D eigenvalue weighted by Crippen LogP contribution is 2.40. The van der Waals surface area contributed by atoms with Crippen LogP contribution in [0.3, 0.4) is 0 Å². The summed E-state index contributed by atoms with van der Waals surface area (Å²) in [5, 5.41) is 5.71. The maximum atomic E-state index is 13.1. The molecular weight excluding hydrogens is 414 g/mol.